The van der Waals surface area contributed by atoms with E-state index in [2.05, 4.69) is 35.2 Å². The molecule has 2 aromatic carbocycles. The van der Waals surface area contributed by atoms with Gasteiger partial charge in [-0.2, -0.15) is 0 Å². The van der Waals surface area contributed by atoms with Crippen LogP contribution in [-0.2, 0) is 6.42 Å². The highest BCUT2D eigenvalue weighted by Crippen LogP contribution is 2.37. The van der Waals surface area contributed by atoms with Gasteiger partial charge in [0, 0.05) is 23.5 Å². The first-order valence-corrected chi connectivity index (χ1v) is 12.7. The molecular formula is C28H27ClN2O4. The molecular weight excluding hydrogens is 464 g/mol. The average Bonchev–Trinajstić information content (AvgIpc) is 3.41. The minimum absolute atomic E-state index is 0.253. The third-order valence-corrected chi connectivity index (χ3v) is 7.76. The molecule has 0 N–H and O–H groups in total. The number of unbranched alkanes of at least 4 members (excludes halogenated alkanes) is 1. The standard InChI is InChI=1S/C28H27ClN2O4/c29-21-10-11-23-24(17-21)31-26(34-27(32)28(33)35-31)25(23)20-12-15-30(16-13-20)14-4-3-6-19-9-8-18-5-1-2-7-22(18)19/h1-2,5,7,10-12,17,19H,3-4,6,8-9,13-16H2. The molecule has 2 aromatic heterocycles. The molecule has 3 heterocycles. The summed E-state index contributed by atoms with van der Waals surface area (Å²) in [4.78, 5) is 26.2. The summed E-state index contributed by atoms with van der Waals surface area (Å²) in [6, 6.07) is 14.3. The van der Waals surface area contributed by atoms with Gasteiger partial charge < -0.3 is 8.94 Å². The van der Waals surface area contributed by atoms with Crippen LogP contribution in [0.1, 0.15) is 54.7 Å². The lowest BCUT2D eigenvalue weighted by Gasteiger charge is -2.26. The van der Waals surface area contributed by atoms with Crippen molar-refractivity contribution in [3.63, 3.8) is 0 Å². The molecule has 1 atom stereocenters. The second kappa shape index (κ2) is 9.17. The van der Waals surface area contributed by atoms with Gasteiger partial charge in [-0.3, -0.25) is 4.90 Å². The van der Waals surface area contributed by atoms with Crippen molar-refractivity contribution < 1.29 is 8.94 Å². The Labute approximate surface area is 207 Å². The van der Waals surface area contributed by atoms with E-state index >= 15 is 0 Å². The number of nitrogens with zero attached hydrogens (tertiary/aromatic N) is 2. The van der Waals surface area contributed by atoms with Crippen LogP contribution in [0.4, 0.5) is 0 Å². The number of aryl methyl sites for hydroxylation is 1. The fraction of sp³-hybridized carbons (Fsp3) is 0.357. The number of hydrogen-bond acceptors (Lipinski definition) is 5. The Hall–Kier alpha value is -3.09. The van der Waals surface area contributed by atoms with Crippen LogP contribution in [0.3, 0.4) is 0 Å². The maximum atomic E-state index is 11.9. The van der Waals surface area contributed by atoms with Crippen LogP contribution >= 0.6 is 11.6 Å². The lowest BCUT2D eigenvalue weighted by atomic mass is 9.95. The van der Waals surface area contributed by atoms with Crippen molar-refractivity contribution in [3.05, 3.63) is 91.1 Å². The predicted octanol–water partition coefficient (Wildman–Crippen LogP) is 5.64. The van der Waals surface area contributed by atoms with Gasteiger partial charge in [0.2, 0.25) is 5.71 Å². The molecule has 0 saturated carbocycles. The topological polar surface area (TPSA) is 68.1 Å². The molecule has 0 bridgehead atoms. The Kier molecular flexibility index (Phi) is 5.86. The summed E-state index contributed by atoms with van der Waals surface area (Å²) in [5.41, 5.74) is 3.82. The van der Waals surface area contributed by atoms with E-state index in [1.165, 1.54) is 42.2 Å². The van der Waals surface area contributed by atoms with Crippen LogP contribution in [0.5, 0.6) is 0 Å². The second-order valence-corrected chi connectivity index (χ2v) is 10.1. The van der Waals surface area contributed by atoms with E-state index in [1.807, 2.05) is 6.07 Å². The number of fused-ring (bicyclic) bond motifs is 4. The predicted molar refractivity (Wildman–Crippen MR) is 137 cm³/mol. The highest BCUT2D eigenvalue weighted by Gasteiger charge is 2.24. The first-order valence-electron chi connectivity index (χ1n) is 12.4. The van der Waals surface area contributed by atoms with Gasteiger partial charge in [-0.25, -0.2) is 9.59 Å². The minimum atomic E-state index is -1.04. The van der Waals surface area contributed by atoms with Crippen molar-refractivity contribution >= 4 is 33.8 Å². The first-order chi connectivity index (χ1) is 17.1. The summed E-state index contributed by atoms with van der Waals surface area (Å²) < 4.78 is 11.9. The van der Waals surface area contributed by atoms with Crippen molar-refractivity contribution in [2.24, 2.45) is 0 Å². The summed E-state index contributed by atoms with van der Waals surface area (Å²) >= 11 is 6.18. The van der Waals surface area contributed by atoms with Gasteiger partial charge in [0.25, 0.3) is 0 Å². The maximum absolute atomic E-state index is 11.9. The van der Waals surface area contributed by atoms with Gasteiger partial charge in [0.15, 0.2) is 0 Å². The molecule has 4 aromatic rings. The molecule has 1 aliphatic heterocycles. The largest absolute Gasteiger partial charge is 0.442 e. The summed E-state index contributed by atoms with van der Waals surface area (Å²) in [7, 11) is 0. The normalized spacial score (nSPS) is 18.3. The van der Waals surface area contributed by atoms with Crippen molar-refractivity contribution in [2.45, 2.75) is 44.4 Å². The van der Waals surface area contributed by atoms with E-state index < -0.39 is 11.3 Å². The van der Waals surface area contributed by atoms with E-state index in [9.17, 15) is 9.59 Å². The Bertz CT molecular complexity index is 1560. The SMILES string of the molecule is O=c1oc2c(C3=CCN(CCCCC4CCc5ccccc54)CC3)c3ccc(Cl)cc3n2oc1=O. The van der Waals surface area contributed by atoms with E-state index in [1.54, 1.807) is 17.7 Å². The van der Waals surface area contributed by atoms with E-state index in [0.29, 0.717) is 10.5 Å². The van der Waals surface area contributed by atoms with Crippen molar-refractivity contribution in [2.75, 3.05) is 19.6 Å². The summed E-state index contributed by atoms with van der Waals surface area (Å²) in [5, 5.41) is 1.37. The van der Waals surface area contributed by atoms with Crippen LogP contribution in [-0.4, -0.2) is 29.1 Å². The molecule has 0 saturated heterocycles. The molecule has 7 heteroatoms. The van der Waals surface area contributed by atoms with E-state index in [4.69, 9.17) is 20.5 Å². The van der Waals surface area contributed by atoms with E-state index in [-0.39, 0.29) is 5.71 Å². The lowest BCUT2D eigenvalue weighted by Crippen LogP contribution is -2.29. The molecule has 0 fully saturated rings. The third-order valence-electron chi connectivity index (χ3n) is 7.52. The van der Waals surface area contributed by atoms with Crippen molar-refractivity contribution in [3.8, 4) is 0 Å². The molecule has 1 aliphatic carbocycles. The summed E-state index contributed by atoms with van der Waals surface area (Å²) in [6.07, 6.45) is 9.24. The molecule has 6 rings (SSSR count). The lowest BCUT2D eigenvalue weighted by molar-refractivity contribution is 0.285. The third kappa shape index (κ3) is 4.15. The summed E-state index contributed by atoms with van der Waals surface area (Å²) in [6.45, 7) is 2.86. The van der Waals surface area contributed by atoms with Crippen LogP contribution in [0.25, 0.3) is 22.2 Å². The van der Waals surface area contributed by atoms with Gasteiger partial charge in [-0.15, -0.1) is 4.57 Å². The Morgan fingerprint density at radius 1 is 1.03 bits per heavy atom. The van der Waals surface area contributed by atoms with Crippen molar-refractivity contribution in [1.29, 1.82) is 0 Å². The molecule has 6 nitrogen and oxygen atoms in total. The fourth-order valence-electron chi connectivity index (χ4n) is 5.77. The molecule has 1 unspecified atom stereocenters. The number of hydrogen-bond donors (Lipinski definition) is 0. The number of halogens is 1. The highest BCUT2D eigenvalue weighted by molar-refractivity contribution is 6.31. The van der Waals surface area contributed by atoms with Crippen molar-refractivity contribution in [1.82, 2.24) is 9.47 Å². The number of rotatable bonds is 6. The van der Waals surface area contributed by atoms with E-state index in [0.717, 1.165) is 48.5 Å². The molecule has 35 heavy (non-hydrogen) atoms. The van der Waals surface area contributed by atoms with Crippen LogP contribution in [0, 0.1) is 0 Å². The van der Waals surface area contributed by atoms with Gasteiger partial charge >= 0.3 is 11.3 Å². The van der Waals surface area contributed by atoms with Gasteiger partial charge in [-0.05, 0) is 73.4 Å². The van der Waals surface area contributed by atoms with Crippen LogP contribution in [0.15, 0.2) is 67.1 Å². The molecule has 2 aliphatic rings. The molecule has 180 valence electrons. The zero-order valence-corrected chi connectivity index (χ0v) is 20.2. The quantitative estimate of drug-likeness (QED) is 0.258. The Morgan fingerprint density at radius 2 is 1.91 bits per heavy atom. The molecule has 0 amide bonds. The fourth-order valence-corrected chi connectivity index (χ4v) is 5.93. The van der Waals surface area contributed by atoms with Gasteiger partial charge in [-0.1, -0.05) is 54.4 Å². The van der Waals surface area contributed by atoms with Crippen LogP contribution in [0.2, 0.25) is 5.02 Å². The Balaban J connectivity index is 1.15. The average molecular weight is 491 g/mol. The van der Waals surface area contributed by atoms with Crippen LogP contribution < -0.4 is 11.3 Å². The number of benzene rings is 2. The Morgan fingerprint density at radius 3 is 2.77 bits per heavy atom. The first kappa shape index (κ1) is 22.4. The van der Waals surface area contributed by atoms with Gasteiger partial charge in [0.1, 0.15) is 0 Å². The zero-order chi connectivity index (χ0) is 23.9. The number of aromatic nitrogens is 1. The summed E-state index contributed by atoms with van der Waals surface area (Å²) in [5.74, 6) is 0.721. The smallest absolute Gasteiger partial charge is 0.397 e. The highest BCUT2D eigenvalue weighted by atomic mass is 35.5. The molecule has 0 spiro atoms. The minimum Gasteiger partial charge on any atom is -0.397 e. The molecule has 0 radical (unpaired) electrons. The maximum Gasteiger partial charge on any atom is 0.442 e. The van der Waals surface area contributed by atoms with Gasteiger partial charge in [0.05, 0.1) is 11.1 Å². The second-order valence-electron chi connectivity index (χ2n) is 9.61. The zero-order valence-electron chi connectivity index (χ0n) is 19.5. The monoisotopic (exact) mass is 490 g/mol.